The molecule has 0 bridgehead atoms. The van der Waals surface area contributed by atoms with E-state index in [4.69, 9.17) is 4.74 Å². The highest BCUT2D eigenvalue weighted by atomic mass is 16.5. The molecule has 2 rings (SSSR count). The first-order valence-electron chi connectivity index (χ1n) is 8.34. The SMILES string of the molecule is CCCCCOC(=O)Nc1cccc2c1c(C=CC(=O)OC)cn2C. The Bertz CT molecular complexity index is 777. The lowest BCUT2D eigenvalue weighted by Gasteiger charge is -2.09. The molecule has 0 aliphatic rings. The largest absolute Gasteiger partial charge is 0.466 e. The van der Waals surface area contributed by atoms with E-state index < -0.39 is 12.1 Å². The van der Waals surface area contributed by atoms with Crippen molar-refractivity contribution in [2.24, 2.45) is 7.05 Å². The summed E-state index contributed by atoms with van der Waals surface area (Å²) in [4.78, 5) is 23.4. The molecule has 0 aliphatic heterocycles. The highest BCUT2D eigenvalue weighted by Gasteiger charge is 2.12. The van der Waals surface area contributed by atoms with Crippen LogP contribution in [0.2, 0.25) is 0 Å². The molecule has 0 saturated heterocycles. The zero-order valence-corrected chi connectivity index (χ0v) is 14.9. The number of unbranched alkanes of at least 4 members (excludes halogenated alkanes) is 2. The van der Waals surface area contributed by atoms with Gasteiger partial charge >= 0.3 is 12.1 Å². The molecule has 0 unspecified atom stereocenters. The number of nitrogens with one attached hydrogen (secondary N) is 1. The van der Waals surface area contributed by atoms with Gasteiger partial charge in [0.1, 0.15) is 0 Å². The third-order valence-electron chi connectivity index (χ3n) is 3.86. The Morgan fingerprint density at radius 1 is 1.28 bits per heavy atom. The van der Waals surface area contributed by atoms with Gasteiger partial charge in [-0.2, -0.15) is 0 Å². The van der Waals surface area contributed by atoms with Crippen molar-refractivity contribution in [3.05, 3.63) is 36.0 Å². The van der Waals surface area contributed by atoms with Crippen LogP contribution in [0.1, 0.15) is 31.7 Å². The average molecular weight is 344 g/mol. The maximum absolute atomic E-state index is 12.0. The third-order valence-corrected chi connectivity index (χ3v) is 3.86. The lowest BCUT2D eigenvalue weighted by atomic mass is 10.1. The number of esters is 1. The Hall–Kier alpha value is -2.76. The summed E-state index contributed by atoms with van der Waals surface area (Å²) >= 11 is 0. The minimum atomic E-state index is -0.477. The van der Waals surface area contributed by atoms with Crippen LogP contribution in [0.15, 0.2) is 30.5 Å². The number of amides is 1. The summed E-state index contributed by atoms with van der Waals surface area (Å²) in [6.07, 6.45) is 7.40. The van der Waals surface area contributed by atoms with Crippen molar-refractivity contribution in [1.29, 1.82) is 0 Å². The molecule has 0 aliphatic carbocycles. The molecule has 0 radical (unpaired) electrons. The van der Waals surface area contributed by atoms with Crippen molar-refractivity contribution < 1.29 is 19.1 Å². The van der Waals surface area contributed by atoms with Gasteiger partial charge in [-0.3, -0.25) is 5.32 Å². The Balaban J connectivity index is 2.23. The van der Waals surface area contributed by atoms with E-state index in [-0.39, 0.29) is 0 Å². The Morgan fingerprint density at radius 2 is 2.08 bits per heavy atom. The van der Waals surface area contributed by atoms with Gasteiger partial charge in [-0.05, 0) is 24.6 Å². The first-order valence-corrected chi connectivity index (χ1v) is 8.34. The number of benzene rings is 1. The van der Waals surface area contributed by atoms with Gasteiger partial charge in [0.05, 0.1) is 24.9 Å². The van der Waals surface area contributed by atoms with Crippen molar-refractivity contribution in [3.8, 4) is 0 Å². The second-order valence-corrected chi connectivity index (χ2v) is 5.72. The smallest absolute Gasteiger partial charge is 0.411 e. The fourth-order valence-corrected chi connectivity index (χ4v) is 2.60. The average Bonchev–Trinajstić information content (AvgIpc) is 2.94. The van der Waals surface area contributed by atoms with Crippen LogP contribution in [-0.4, -0.2) is 30.3 Å². The van der Waals surface area contributed by atoms with Gasteiger partial charge < -0.3 is 14.0 Å². The van der Waals surface area contributed by atoms with Crippen LogP contribution in [-0.2, 0) is 21.3 Å². The standard InChI is InChI=1S/C19H24N2O4/c1-4-5-6-12-25-19(23)20-15-8-7-9-16-18(15)14(13-21(16)2)10-11-17(22)24-3/h7-11,13H,4-6,12H2,1-3H3,(H,20,23). The van der Waals surface area contributed by atoms with E-state index in [1.807, 2.05) is 36.0 Å². The van der Waals surface area contributed by atoms with Crippen molar-refractivity contribution in [1.82, 2.24) is 4.57 Å². The van der Waals surface area contributed by atoms with Crippen molar-refractivity contribution in [2.75, 3.05) is 19.0 Å². The maximum atomic E-state index is 12.0. The van der Waals surface area contributed by atoms with Crippen molar-refractivity contribution in [2.45, 2.75) is 26.2 Å². The maximum Gasteiger partial charge on any atom is 0.411 e. The molecule has 25 heavy (non-hydrogen) atoms. The van der Waals surface area contributed by atoms with Gasteiger partial charge in [0, 0.05) is 30.3 Å². The molecule has 0 fully saturated rings. The minimum absolute atomic E-state index is 0.402. The van der Waals surface area contributed by atoms with Crippen LogP contribution < -0.4 is 5.32 Å². The number of aryl methyl sites for hydroxylation is 1. The first kappa shape index (κ1) is 18.6. The highest BCUT2D eigenvalue weighted by molar-refractivity contribution is 6.04. The molecular weight excluding hydrogens is 320 g/mol. The second kappa shape index (κ2) is 8.92. The summed E-state index contributed by atoms with van der Waals surface area (Å²) < 4.78 is 11.8. The molecule has 1 aromatic carbocycles. The zero-order chi connectivity index (χ0) is 18.2. The monoisotopic (exact) mass is 344 g/mol. The van der Waals surface area contributed by atoms with Gasteiger partial charge in [0.2, 0.25) is 0 Å². The van der Waals surface area contributed by atoms with Gasteiger partial charge in [-0.15, -0.1) is 0 Å². The second-order valence-electron chi connectivity index (χ2n) is 5.72. The normalized spacial score (nSPS) is 11.0. The summed E-state index contributed by atoms with van der Waals surface area (Å²) in [6, 6.07) is 5.62. The Morgan fingerprint density at radius 3 is 2.80 bits per heavy atom. The molecule has 6 nitrogen and oxygen atoms in total. The molecule has 1 aromatic heterocycles. The molecule has 0 saturated carbocycles. The van der Waals surface area contributed by atoms with E-state index in [9.17, 15) is 9.59 Å². The number of rotatable bonds is 7. The number of aromatic nitrogens is 1. The van der Waals surface area contributed by atoms with Crippen LogP contribution >= 0.6 is 0 Å². The van der Waals surface area contributed by atoms with E-state index in [1.54, 1.807) is 6.08 Å². The van der Waals surface area contributed by atoms with Gasteiger partial charge in [-0.1, -0.05) is 25.8 Å². The third kappa shape index (κ3) is 4.86. The van der Waals surface area contributed by atoms with Gasteiger partial charge in [-0.25, -0.2) is 9.59 Å². The van der Waals surface area contributed by atoms with Crippen LogP contribution in [0.4, 0.5) is 10.5 Å². The summed E-state index contributed by atoms with van der Waals surface area (Å²) in [6.45, 7) is 2.50. The predicted molar refractivity (Wildman–Crippen MR) is 98.5 cm³/mol. The predicted octanol–water partition coefficient (Wildman–Crippen LogP) is 4.10. The number of hydrogen-bond donors (Lipinski definition) is 1. The number of methoxy groups -OCH3 is 1. The van der Waals surface area contributed by atoms with E-state index in [0.29, 0.717) is 12.3 Å². The van der Waals surface area contributed by atoms with Crippen LogP contribution in [0.25, 0.3) is 17.0 Å². The summed E-state index contributed by atoms with van der Waals surface area (Å²) in [5, 5.41) is 3.64. The highest BCUT2D eigenvalue weighted by Crippen LogP contribution is 2.29. The summed E-state index contributed by atoms with van der Waals surface area (Å²) in [5.74, 6) is -0.433. The lowest BCUT2D eigenvalue weighted by molar-refractivity contribution is -0.134. The topological polar surface area (TPSA) is 69.6 Å². The number of ether oxygens (including phenoxy) is 2. The fraction of sp³-hybridized carbons (Fsp3) is 0.368. The van der Waals surface area contributed by atoms with Crippen LogP contribution in [0.5, 0.6) is 0 Å². The summed E-state index contributed by atoms with van der Waals surface area (Å²) in [7, 11) is 3.24. The van der Waals surface area contributed by atoms with E-state index >= 15 is 0 Å². The molecule has 1 N–H and O–H groups in total. The van der Waals surface area contributed by atoms with Crippen molar-refractivity contribution in [3.63, 3.8) is 0 Å². The number of carbonyl (C=O) groups is 2. The molecule has 6 heteroatoms. The van der Waals surface area contributed by atoms with Gasteiger partial charge in [0.15, 0.2) is 0 Å². The van der Waals surface area contributed by atoms with E-state index in [0.717, 1.165) is 35.7 Å². The molecule has 1 amide bonds. The number of fused-ring (bicyclic) bond motifs is 1. The number of nitrogens with zero attached hydrogens (tertiary/aromatic N) is 1. The molecule has 0 atom stereocenters. The zero-order valence-electron chi connectivity index (χ0n) is 14.9. The van der Waals surface area contributed by atoms with Gasteiger partial charge in [0.25, 0.3) is 0 Å². The molecule has 134 valence electrons. The molecular formula is C19H24N2O4. The minimum Gasteiger partial charge on any atom is -0.466 e. The van der Waals surface area contributed by atoms with Crippen LogP contribution in [0, 0.1) is 0 Å². The summed E-state index contributed by atoms with van der Waals surface area (Å²) in [5.41, 5.74) is 2.39. The quantitative estimate of drug-likeness (QED) is 0.466. The molecule has 0 spiro atoms. The Kier molecular flexibility index (Phi) is 6.62. The van der Waals surface area contributed by atoms with Crippen LogP contribution in [0.3, 0.4) is 0 Å². The van der Waals surface area contributed by atoms with E-state index in [2.05, 4.69) is 17.0 Å². The lowest BCUT2D eigenvalue weighted by Crippen LogP contribution is -2.14. The number of anilines is 1. The first-order chi connectivity index (χ1) is 12.1. The number of carbonyl (C=O) groups excluding carboxylic acids is 2. The Labute approximate surface area is 147 Å². The van der Waals surface area contributed by atoms with E-state index in [1.165, 1.54) is 13.2 Å². The fourth-order valence-electron chi connectivity index (χ4n) is 2.60. The molecule has 1 heterocycles. The number of hydrogen-bond acceptors (Lipinski definition) is 4. The van der Waals surface area contributed by atoms with Crippen molar-refractivity contribution >= 4 is 34.7 Å². The molecule has 2 aromatic rings.